The summed E-state index contributed by atoms with van der Waals surface area (Å²) in [6, 6.07) is 48.3. The molecule has 0 aliphatic carbocycles. The summed E-state index contributed by atoms with van der Waals surface area (Å²) in [5.41, 5.74) is 11.0. The van der Waals surface area contributed by atoms with Crippen LogP contribution in [-0.4, -0.2) is 0 Å². The lowest BCUT2D eigenvalue weighted by molar-refractivity contribution is 0.556. The van der Waals surface area contributed by atoms with Crippen LogP contribution in [0.3, 0.4) is 0 Å². The molecule has 0 saturated carbocycles. The number of nitrogens with one attached hydrogen (secondary N) is 1. The molecule has 0 spiro atoms. The number of aryl methyl sites for hydroxylation is 1. The Bertz CT molecular complexity index is 1810. The van der Waals surface area contributed by atoms with Gasteiger partial charge in [0.05, 0.1) is 17.1 Å². The minimum Gasteiger partial charge on any atom is -0.293 e. The number of fused-ring (bicyclic) bond motifs is 2. The average molecular weight is 605 g/mol. The van der Waals surface area contributed by atoms with Crippen LogP contribution in [0.4, 0.5) is 17.1 Å². The van der Waals surface area contributed by atoms with Gasteiger partial charge in [-0.3, -0.25) is 10.4 Å². The zero-order chi connectivity index (χ0) is 31.4. The summed E-state index contributed by atoms with van der Waals surface area (Å²) >= 11 is 0. The van der Waals surface area contributed by atoms with E-state index in [4.69, 9.17) is 0 Å². The summed E-state index contributed by atoms with van der Waals surface area (Å²) in [5, 5.41) is 7.19. The van der Waals surface area contributed by atoms with Crippen molar-refractivity contribution < 1.29 is 0 Å². The number of unbranched alkanes of at least 4 members (excludes halogenated alkanes) is 9. The van der Waals surface area contributed by atoms with Gasteiger partial charge < -0.3 is 0 Å². The highest BCUT2D eigenvalue weighted by Gasteiger charge is 2.16. The molecule has 0 fully saturated rings. The number of hydrazine groups is 1. The Hall–Kier alpha value is -4.56. The molecule has 6 rings (SSSR count). The predicted molar refractivity (Wildman–Crippen MR) is 201 cm³/mol. The zero-order valence-corrected chi connectivity index (χ0v) is 27.4. The largest absolute Gasteiger partial charge is 0.293 e. The summed E-state index contributed by atoms with van der Waals surface area (Å²) in [4.78, 5) is 0. The van der Waals surface area contributed by atoms with Crippen LogP contribution in [-0.2, 0) is 6.42 Å². The minimum absolute atomic E-state index is 1.08. The van der Waals surface area contributed by atoms with Crippen LogP contribution < -0.4 is 10.4 Å². The number of hydrogen-bond donors (Lipinski definition) is 1. The van der Waals surface area contributed by atoms with Crippen molar-refractivity contribution in [2.45, 2.75) is 77.6 Å². The average Bonchev–Trinajstić information content (AvgIpc) is 3.11. The summed E-state index contributed by atoms with van der Waals surface area (Å²) in [6.07, 6.45) is 14.9. The van der Waals surface area contributed by atoms with E-state index in [2.05, 4.69) is 151 Å². The normalized spacial score (nSPS) is 11.2. The third-order valence-corrected chi connectivity index (χ3v) is 9.23. The Labute approximate surface area is 276 Å². The fourth-order valence-electron chi connectivity index (χ4n) is 6.62. The van der Waals surface area contributed by atoms with Gasteiger partial charge in [-0.2, -0.15) is 0 Å². The third kappa shape index (κ3) is 7.98. The highest BCUT2D eigenvalue weighted by Crippen LogP contribution is 2.38. The van der Waals surface area contributed by atoms with Crippen molar-refractivity contribution >= 4 is 38.6 Å². The number of hydrogen-bond acceptors (Lipinski definition) is 2. The first kappa shape index (κ1) is 31.4. The van der Waals surface area contributed by atoms with Gasteiger partial charge in [0.15, 0.2) is 0 Å². The molecule has 6 aromatic rings. The molecule has 0 bridgehead atoms. The van der Waals surface area contributed by atoms with Crippen molar-refractivity contribution in [3.05, 3.63) is 139 Å². The molecule has 0 aliphatic rings. The van der Waals surface area contributed by atoms with E-state index in [0.29, 0.717) is 0 Å². The first-order valence-corrected chi connectivity index (χ1v) is 17.5. The van der Waals surface area contributed by atoms with Crippen LogP contribution in [0.1, 0.15) is 76.7 Å². The van der Waals surface area contributed by atoms with E-state index >= 15 is 0 Å². The standard InChI is InChI=1S/C44H48N2/c1-2-3-4-5-6-7-8-9-10-12-19-35-26-30-40(31-27-35)46(41-32-28-36-20-15-16-24-39(36)34-41)45-43-33-29-37-21-17-18-25-42(37)44(43)38-22-13-11-14-23-38/h11,13-18,20-34,45H,2-10,12,19H2,1H3. The highest BCUT2D eigenvalue weighted by molar-refractivity contribution is 6.03. The summed E-state index contributed by atoms with van der Waals surface area (Å²) in [7, 11) is 0. The molecule has 46 heavy (non-hydrogen) atoms. The Balaban J connectivity index is 1.22. The molecule has 0 unspecified atom stereocenters. The van der Waals surface area contributed by atoms with Crippen molar-refractivity contribution in [3.63, 3.8) is 0 Å². The highest BCUT2D eigenvalue weighted by atomic mass is 15.5. The SMILES string of the molecule is CCCCCCCCCCCCc1ccc(N(Nc2ccc3ccccc3c2-c2ccccc2)c2ccc3ccccc3c2)cc1. The lowest BCUT2D eigenvalue weighted by Gasteiger charge is -2.29. The van der Waals surface area contributed by atoms with Gasteiger partial charge in [0.1, 0.15) is 0 Å². The molecule has 0 radical (unpaired) electrons. The second-order valence-corrected chi connectivity index (χ2v) is 12.7. The molecule has 1 N–H and O–H groups in total. The van der Waals surface area contributed by atoms with Crippen LogP contribution >= 0.6 is 0 Å². The van der Waals surface area contributed by atoms with Crippen molar-refractivity contribution in [2.24, 2.45) is 0 Å². The van der Waals surface area contributed by atoms with E-state index in [1.807, 2.05) is 0 Å². The summed E-state index contributed by atoms with van der Waals surface area (Å²) < 4.78 is 0. The van der Waals surface area contributed by atoms with Crippen LogP contribution in [0.2, 0.25) is 0 Å². The van der Waals surface area contributed by atoms with Gasteiger partial charge in [0.25, 0.3) is 0 Å². The Kier molecular flexibility index (Phi) is 11.0. The Morgan fingerprint density at radius 3 is 1.80 bits per heavy atom. The maximum absolute atomic E-state index is 3.88. The first-order valence-electron chi connectivity index (χ1n) is 17.5. The lowest BCUT2D eigenvalue weighted by atomic mass is 9.96. The fraction of sp³-hybridized carbons (Fsp3) is 0.273. The predicted octanol–water partition coefficient (Wildman–Crippen LogP) is 13.3. The van der Waals surface area contributed by atoms with E-state index in [-0.39, 0.29) is 0 Å². The molecule has 0 aromatic heterocycles. The van der Waals surface area contributed by atoms with Crippen LogP contribution in [0.25, 0.3) is 32.7 Å². The zero-order valence-electron chi connectivity index (χ0n) is 27.4. The topological polar surface area (TPSA) is 15.3 Å². The molecule has 2 nitrogen and oxygen atoms in total. The van der Waals surface area contributed by atoms with E-state index in [9.17, 15) is 0 Å². The molecular formula is C44H48N2. The number of anilines is 3. The molecule has 0 amide bonds. The maximum Gasteiger partial charge on any atom is 0.0636 e. The van der Waals surface area contributed by atoms with E-state index in [1.165, 1.54) is 102 Å². The third-order valence-electron chi connectivity index (χ3n) is 9.23. The number of nitrogens with zero attached hydrogens (tertiary/aromatic N) is 1. The van der Waals surface area contributed by atoms with E-state index in [1.54, 1.807) is 0 Å². The van der Waals surface area contributed by atoms with Gasteiger partial charge in [-0.25, -0.2) is 0 Å². The second kappa shape index (κ2) is 16.1. The number of benzene rings is 6. The van der Waals surface area contributed by atoms with Gasteiger partial charge in [-0.1, -0.05) is 168 Å². The fourth-order valence-corrected chi connectivity index (χ4v) is 6.62. The lowest BCUT2D eigenvalue weighted by Crippen LogP contribution is -2.25. The van der Waals surface area contributed by atoms with Gasteiger partial charge in [-0.15, -0.1) is 0 Å². The quantitative estimate of drug-likeness (QED) is 0.0873. The van der Waals surface area contributed by atoms with Crippen molar-refractivity contribution in [1.29, 1.82) is 0 Å². The first-order chi connectivity index (χ1) is 22.8. The second-order valence-electron chi connectivity index (χ2n) is 12.7. The minimum atomic E-state index is 1.08. The van der Waals surface area contributed by atoms with Crippen LogP contribution in [0.15, 0.2) is 133 Å². The molecular weight excluding hydrogens is 556 g/mol. The van der Waals surface area contributed by atoms with Crippen LogP contribution in [0, 0.1) is 0 Å². The van der Waals surface area contributed by atoms with Crippen molar-refractivity contribution in [1.82, 2.24) is 0 Å². The monoisotopic (exact) mass is 604 g/mol. The van der Waals surface area contributed by atoms with Gasteiger partial charge in [0.2, 0.25) is 0 Å². The summed E-state index contributed by atoms with van der Waals surface area (Å²) in [6.45, 7) is 2.29. The smallest absolute Gasteiger partial charge is 0.0636 e. The van der Waals surface area contributed by atoms with E-state index < -0.39 is 0 Å². The molecule has 0 heterocycles. The van der Waals surface area contributed by atoms with Crippen molar-refractivity contribution in [3.8, 4) is 11.1 Å². The van der Waals surface area contributed by atoms with Gasteiger partial charge in [0, 0.05) is 5.56 Å². The number of rotatable bonds is 16. The van der Waals surface area contributed by atoms with Gasteiger partial charge >= 0.3 is 0 Å². The molecule has 0 atom stereocenters. The van der Waals surface area contributed by atoms with Gasteiger partial charge in [-0.05, 0) is 75.8 Å². The Morgan fingerprint density at radius 2 is 1.07 bits per heavy atom. The summed E-state index contributed by atoms with van der Waals surface area (Å²) in [5.74, 6) is 0. The molecule has 0 aliphatic heterocycles. The van der Waals surface area contributed by atoms with Crippen molar-refractivity contribution in [2.75, 3.05) is 10.4 Å². The van der Waals surface area contributed by atoms with E-state index in [0.717, 1.165) is 23.5 Å². The molecule has 0 saturated heterocycles. The van der Waals surface area contributed by atoms with Crippen LogP contribution in [0.5, 0.6) is 0 Å². The molecule has 234 valence electrons. The Morgan fingerprint density at radius 1 is 0.478 bits per heavy atom. The molecule has 2 heteroatoms. The molecule has 6 aromatic carbocycles. The maximum atomic E-state index is 3.88.